The minimum atomic E-state index is -0.391. The van der Waals surface area contributed by atoms with Crippen LogP contribution in [0.2, 0.25) is 5.02 Å². The van der Waals surface area contributed by atoms with Crippen molar-refractivity contribution in [2.75, 3.05) is 26.0 Å². The van der Waals surface area contributed by atoms with Crippen LogP contribution in [0.1, 0.15) is 11.6 Å². The minimum Gasteiger partial charge on any atom is -0.380 e. The highest BCUT2D eigenvalue weighted by atomic mass is 35.5. The summed E-state index contributed by atoms with van der Waals surface area (Å²) in [6, 6.07) is 10.3. The zero-order valence-corrected chi connectivity index (χ0v) is 12.2. The maximum atomic E-state index is 11.4. The normalized spacial score (nSPS) is 12.4. The molecule has 1 aromatic carbocycles. The van der Waals surface area contributed by atoms with E-state index in [0.29, 0.717) is 12.2 Å². The van der Waals surface area contributed by atoms with Gasteiger partial charge < -0.3 is 10.2 Å². The Bertz CT molecular complexity index is 612. The van der Waals surface area contributed by atoms with Crippen LogP contribution >= 0.6 is 11.6 Å². The first-order valence-electron chi connectivity index (χ1n) is 6.28. The predicted octanol–water partition coefficient (Wildman–Crippen LogP) is 2.14. The fourth-order valence-corrected chi connectivity index (χ4v) is 2.15. The highest BCUT2D eigenvalue weighted by Crippen LogP contribution is 2.20. The number of likely N-dealkylation sites (N-methyl/N-ethyl adjacent to an activating group) is 1. The van der Waals surface area contributed by atoms with Gasteiger partial charge >= 0.3 is 0 Å². The molecule has 0 saturated heterocycles. The predicted molar refractivity (Wildman–Crippen MR) is 81.2 cm³/mol. The van der Waals surface area contributed by atoms with Crippen LogP contribution in [0.5, 0.6) is 0 Å². The lowest BCUT2D eigenvalue weighted by Gasteiger charge is -2.25. The molecule has 0 aliphatic heterocycles. The Kier molecular flexibility index (Phi) is 4.76. The summed E-state index contributed by atoms with van der Waals surface area (Å²) in [6.45, 7) is 0.627. The Morgan fingerprint density at radius 1 is 1.35 bits per heavy atom. The number of nitrogens with zero attached hydrogens (tertiary/aromatic N) is 2. The van der Waals surface area contributed by atoms with Crippen LogP contribution in [0.25, 0.3) is 0 Å². The largest absolute Gasteiger partial charge is 0.380 e. The van der Waals surface area contributed by atoms with E-state index in [1.807, 2.05) is 32.3 Å². The average Bonchev–Trinajstić information content (AvgIpc) is 2.44. The second kappa shape index (κ2) is 6.54. The third kappa shape index (κ3) is 3.37. The molecule has 2 rings (SSSR count). The Labute approximate surface area is 122 Å². The van der Waals surface area contributed by atoms with Crippen LogP contribution in [0, 0.1) is 0 Å². The van der Waals surface area contributed by atoms with Crippen LogP contribution in [-0.4, -0.2) is 35.7 Å². The second-order valence-electron chi connectivity index (χ2n) is 4.70. The third-order valence-corrected chi connectivity index (χ3v) is 3.46. The molecule has 5 nitrogen and oxygen atoms in total. The fraction of sp³-hybridized carbons (Fsp3) is 0.286. The number of nitrogens with one attached hydrogen (secondary N) is 2. The second-order valence-corrected chi connectivity index (χ2v) is 5.08. The Balaban J connectivity index is 2.14. The summed E-state index contributed by atoms with van der Waals surface area (Å²) in [5, 5.41) is 9.34. The van der Waals surface area contributed by atoms with E-state index in [0.717, 1.165) is 0 Å². The van der Waals surface area contributed by atoms with Gasteiger partial charge in [0.15, 0.2) is 0 Å². The van der Waals surface area contributed by atoms with E-state index < -0.39 is 5.56 Å². The SMILES string of the molecule is CN(C)C(CNc1cn[nH]c(=O)c1Cl)c1ccccc1. The molecule has 1 atom stereocenters. The average molecular weight is 293 g/mol. The number of hydrogen-bond acceptors (Lipinski definition) is 4. The number of H-pyrrole nitrogens is 1. The van der Waals surface area contributed by atoms with Gasteiger partial charge in [-0.25, -0.2) is 5.10 Å². The van der Waals surface area contributed by atoms with Crippen LogP contribution in [0.4, 0.5) is 5.69 Å². The van der Waals surface area contributed by atoms with Gasteiger partial charge in [-0.1, -0.05) is 41.9 Å². The molecular formula is C14H17ClN4O. The summed E-state index contributed by atoms with van der Waals surface area (Å²) in [7, 11) is 4.02. The molecule has 2 N–H and O–H groups in total. The van der Waals surface area contributed by atoms with Gasteiger partial charge in [-0.3, -0.25) is 4.79 Å². The number of rotatable bonds is 5. The monoisotopic (exact) mass is 292 g/mol. The maximum absolute atomic E-state index is 11.4. The van der Waals surface area contributed by atoms with Gasteiger partial charge in [-0.15, -0.1) is 0 Å². The van der Waals surface area contributed by atoms with E-state index in [2.05, 4.69) is 32.5 Å². The first-order chi connectivity index (χ1) is 9.59. The molecule has 20 heavy (non-hydrogen) atoms. The smallest absolute Gasteiger partial charge is 0.285 e. The van der Waals surface area contributed by atoms with Gasteiger partial charge in [-0.2, -0.15) is 5.10 Å². The van der Waals surface area contributed by atoms with E-state index >= 15 is 0 Å². The molecule has 0 aliphatic rings. The standard InChI is InChI=1S/C14H17ClN4O/c1-19(2)12(10-6-4-3-5-7-10)9-16-11-8-17-18-14(20)13(11)15/h3-8,12H,9H2,1-2H3,(H2,16,18,20). The van der Waals surface area contributed by atoms with Gasteiger partial charge in [0.2, 0.25) is 0 Å². The van der Waals surface area contributed by atoms with Gasteiger partial charge in [0, 0.05) is 6.54 Å². The van der Waals surface area contributed by atoms with Gasteiger partial charge in [-0.05, 0) is 19.7 Å². The van der Waals surface area contributed by atoms with Crippen molar-refractivity contribution in [1.29, 1.82) is 0 Å². The summed E-state index contributed by atoms with van der Waals surface area (Å²) in [6.07, 6.45) is 1.52. The zero-order chi connectivity index (χ0) is 14.5. The van der Waals surface area contributed by atoms with Crippen molar-refractivity contribution in [2.45, 2.75) is 6.04 Å². The molecule has 0 bridgehead atoms. The van der Waals surface area contributed by atoms with E-state index in [1.165, 1.54) is 11.8 Å². The molecule has 0 radical (unpaired) electrons. The lowest BCUT2D eigenvalue weighted by Crippen LogP contribution is -2.27. The van der Waals surface area contributed by atoms with Crippen LogP contribution < -0.4 is 10.9 Å². The van der Waals surface area contributed by atoms with Crippen molar-refractivity contribution in [3.63, 3.8) is 0 Å². The molecule has 1 heterocycles. The van der Waals surface area contributed by atoms with E-state index in [1.54, 1.807) is 0 Å². The van der Waals surface area contributed by atoms with E-state index in [-0.39, 0.29) is 11.1 Å². The first-order valence-corrected chi connectivity index (χ1v) is 6.66. The third-order valence-electron chi connectivity index (χ3n) is 3.09. The molecule has 0 amide bonds. The van der Waals surface area contributed by atoms with E-state index in [4.69, 9.17) is 11.6 Å². The fourth-order valence-electron chi connectivity index (χ4n) is 1.99. The summed E-state index contributed by atoms with van der Waals surface area (Å²) >= 11 is 5.94. The van der Waals surface area contributed by atoms with Crippen molar-refractivity contribution in [3.05, 3.63) is 57.5 Å². The van der Waals surface area contributed by atoms with Crippen molar-refractivity contribution in [2.24, 2.45) is 0 Å². The Morgan fingerprint density at radius 2 is 2.05 bits per heavy atom. The van der Waals surface area contributed by atoms with Gasteiger partial charge in [0.05, 0.1) is 17.9 Å². The Hall–Kier alpha value is -1.85. The summed E-state index contributed by atoms with van der Waals surface area (Å²) in [5.74, 6) is 0. The van der Waals surface area contributed by atoms with Gasteiger partial charge in [0.1, 0.15) is 5.02 Å². The Morgan fingerprint density at radius 3 is 2.70 bits per heavy atom. The first kappa shape index (κ1) is 14.6. The summed E-state index contributed by atoms with van der Waals surface area (Å²) in [5.41, 5.74) is 1.34. The lowest BCUT2D eigenvalue weighted by atomic mass is 10.1. The van der Waals surface area contributed by atoms with Crippen molar-refractivity contribution >= 4 is 17.3 Å². The molecule has 0 saturated carbocycles. The van der Waals surface area contributed by atoms with Crippen LogP contribution in [-0.2, 0) is 0 Å². The molecule has 106 valence electrons. The van der Waals surface area contributed by atoms with Crippen molar-refractivity contribution in [3.8, 4) is 0 Å². The summed E-state index contributed by atoms with van der Waals surface area (Å²) < 4.78 is 0. The number of hydrogen-bond donors (Lipinski definition) is 2. The van der Waals surface area contributed by atoms with Gasteiger partial charge in [0.25, 0.3) is 5.56 Å². The van der Waals surface area contributed by atoms with Crippen LogP contribution in [0.3, 0.4) is 0 Å². The molecule has 1 unspecified atom stereocenters. The molecule has 2 aromatic rings. The lowest BCUT2D eigenvalue weighted by molar-refractivity contribution is 0.312. The molecule has 0 fully saturated rings. The molecule has 6 heteroatoms. The highest BCUT2D eigenvalue weighted by molar-refractivity contribution is 6.32. The number of aromatic amines is 1. The number of benzene rings is 1. The molecule has 0 spiro atoms. The minimum absolute atomic E-state index is 0.130. The van der Waals surface area contributed by atoms with E-state index in [9.17, 15) is 4.79 Å². The van der Waals surface area contributed by atoms with Crippen molar-refractivity contribution in [1.82, 2.24) is 15.1 Å². The summed E-state index contributed by atoms with van der Waals surface area (Å²) in [4.78, 5) is 13.5. The topological polar surface area (TPSA) is 61.0 Å². The zero-order valence-electron chi connectivity index (χ0n) is 11.4. The quantitative estimate of drug-likeness (QED) is 0.886. The molecule has 1 aromatic heterocycles. The maximum Gasteiger partial charge on any atom is 0.285 e. The van der Waals surface area contributed by atoms with Crippen LogP contribution in [0.15, 0.2) is 41.3 Å². The number of aromatic nitrogens is 2. The highest BCUT2D eigenvalue weighted by Gasteiger charge is 2.14. The molecular weight excluding hydrogens is 276 g/mol. The number of anilines is 1. The van der Waals surface area contributed by atoms with Crippen molar-refractivity contribution < 1.29 is 0 Å². The molecule has 0 aliphatic carbocycles. The number of halogens is 1.